The van der Waals surface area contributed by atoms with E-state index < -0.39 is 17.7 Å². The molecule has 1 aromatic carbocycles. The Morgan fingerprint density at radius 1 is 1.20 bits per heavy atom. The lowest BCUT2D eigenvalue weighted by molar-refractivity contribution is -0.136. The molecule has 5 nitrogen and oxygen atoms in total. The molecule has 1 aromatic heterocycles. The van der Waals surface area contributed by atoms with Gasteiger partial charge in [0.1, 0.15) is 0 Å². The fourth-order valence-electron chi connectivity index (χ4n) is 1.64. The van der Waals surface area contributed by atoms with Gasteiger partial charge in [0.2, 0.25) is 0 Å². The van der Waals surface area contributed by atoms with Crippen LogP contribution in [-0.4, -0.2) is 22.0 Å². The molecule has 1 heterocycles. The molecular weight excluding hydrogens is 263 g/mol. The van der Waals surface area contributed by atoms with E-state index in [0.29, 0.717) is 11.3 Å². The van der Waals surface area contributed by atoms with Gasteiger partial charge in [-0.1, -0.05) is 12.1 Å². The zero-order valence-corrected chi connectivity index (χ0v) is 10.3. The van der Waals surface area contributed by atoms with E-state index >= 15 is 0 Å². The predicted molar refractivity (Wildman–Crippen MR) is 69.9 cm³/mol. The number of carbonyl (C=O) groups is 2. The average Bonchev–Trinajstić information content (AvgIpc) is 2.41. The van der Waals surface area contributed by atoms with Gasteiger partial charge in [0, 0.05) is 11.9 Å². The van der Waals surface area contributed by atoms with Crippen LogP contribution in [0.2, 0.25) is 0 Å². The van der Waals surface area contributed by atoms with Crippen LogP contribution in [-0.2, 0) is 11.2 Å². The van der Waals surface area contributed by atoms with Crippen LogP contribution in [0.25, 0.3) is 0 Å². The van der Waals surface area contributed by atoms with Gasteiger partial charge >= 0.3 is 5.97 Å². The number of benzene rings is 1. The number of anilines is 1. The van der Waals surface area contributed by atoms with Gasteiger partial charge in [0.15, 0.2) is 5.82 Å². The van der Waals surface area contributed by atoms with E-state index in [0.717, 1.165) is 6.20 Å². The van der Waals surface area contributed by atoms with E-state index in [1.807, 2.05) is 0 Å². The second kappa shape index (κ2) is 5.92. The number of rotatable bonds is 4. The normalized spacial score (nSPS) is 10.1. The van der Waals surface area contributed by atoms with E-state index in [-0.39, 0.29) is 12.0 Å². The van der Waals surface area contributed by atoms with Crippen molar-refractivity contribution in [2.75, 3.05) is 5.32 Å². The fraction of sp³-hybridized carbons (Fsp3) is 0.0714. The van der Waals surface area contributed by atoms with Gasteiger partial charge < -0.3 is 10.4 Å². The molecule has 0 unspecified atom stereocenters. The highest BCUT2D eigenvalue weighted by Crippen LogP contribution is 2.13. The molecule has 0 atom stereocenters. The summed E-state index contributed by atoms with van der Waals surface area (Å²) in [7, 11) is 0. The van der Waals surface area contributed by atoms with Crippen molar-refractivity contribution in [1.29, 1.82) is 0 Å². The third-order valence-electron chi connectivity index (χ3n) is 2.58. The molecule has 6 heteroatoms. The second-order valence-electron chi connectivity index (χ2n) is 4.08. The SMILES string of the molecule is O=C(O)Cc1ccc(NC(=O)c2ccncc2F)cc1. The van der Waals surface area contributed by atoms with Gasteiger partial charge in [-0.05, 0) is 23.8 Å². The molecule has 0 radical (unpaired) electrons. The minimum absolute atomic E-state index is 0.0901. The van der Waals surface area contributed by atoms with Crippen molar-refractivity contribution >= 4 is 17.6 Å². The van der Waals surface area contributed by atoms with Crippen molar-refractivity contribution in [1.82, 2.24) is 4.98 Å². The van der Waals surface area contributed by atoms with Crippen LogP contribution in [0.4, 0.5) is 10.1 Å². The molecule has 0 saturated heterocycles. The summed E-state index contributed by atoms with van der Waals surface area (Å²) in [5.41, 5.74) is 0.973. The minimum atomic E-state index is -0.930. The smallest absolute Gasteiger partial charge is 0.307 e. The third kappa shape index (κ3) is 3.38. The molecule has 102 valence electrons. The first-order valence-corrected chi connectivity index (χ1v) is 5.78. The number of nitrogens with zero attached hydrogens (tertiary/aromatic N) is 1. The van der Waals surface area contributed by atoms with Gasteiger partial charge in [0.25, 0.3) is 5.91 Å². The van der Waals surface area contributed by atoms with Crippen LogP contribution in [0.3, 0.4) is 0 Å². The van der Waals surface area contributed by atoms with E-state index in [9.17, 15) is 14.0 Å². The molecule has 2 N–H and O–H groups in total. The van der Waals surface area contributed by atoms with E-state index in [4.69, 9.17) is 5.11 Å². The first kappa shape index (κ1) is 13.7. The Morgan fingerprint density at radius 3 is 2.50 bits per heavy atom. The maximum Gasteiger partial charge on any atom is 0.307 e. The quantitative estimate of drug-likeness (QED) is 0.894. The lowest BCUT2D eigenvalue weighted by Gasteiger charge is -2.06. The van der Waals surface area contributed by atoms with E-state index in [1.54, 1.807) is 24.3 Å². The highest BCUT2D eigenvalue weighted by atomic mass is 19.1. The number of hydrogen-bond acceptors (Lipinski definition) is 3. The topological polar surface area (TPSA) is 79.3 Å². The number of carboxylic acid groups (broad SMARTS) is 1. The molecule has 0 aliphatic carbocycles. The lowest BCUT2D eigenvalue weighted by atomic mass is 10.1. The summed E-state index contributed by atoms with van der Waals surface area (Å²) in [5, 5.41) is 11.2. The average molecular weight is 274 g/mol. The number of carboxylic acids is 1. The van der Waals surface area contributed by atoms with Gasteiger partial charge in [0.05, 0.1) is 18.2 Å². The highest BCUT2D eigenvalue weighted by Gasteiger charge is 2.11. The maximum absolute atomic E-state index is 13.4. The van der Waals surface area contributed by atoms with E-state index in [1.165, 1.54) is 12.3 Å². The lowest BCUT2D eigenvalue weighted by Crippen LogP contribution is -2.14. The molecule has 0 spiro atoms. The molecule has 0 aliphatic rings. The molecular formula is C14H11FN2O3. The summed E-state index contributed by atoms with van der Waals surface area (Å²) < 4.78 is 13.4. The van der Waals surface area contributed by atoms with Crippen LogP contribution in [0.5, 0.6) is 0 Å². The van der Waals surface area contributed by atoms with Crippen molar-refractivity contribution in [2.45, 2.75) is 6.42 Å². The summed E-state index contributed by atoms with van der Waals surface area (Å²) in [6.07, 6.45) is 2.20. The van der Waals surface area contributed by atoms with Crippen molar-refractivity contribution < 1.29 is 19.1 Å². The number of carbonyl (C=O) groups excluding carboxylic acids is 1. The number of pyridine rings is 1. The molecule has 2 rings (SSSR count). The molecule has 1 amide bonds. The highest BCUT2D eigenvalue weighted by molar-refractivity contribution is 6.04. The maximum atomic E-state index is 13.4. The number of hydrogen-bond donors (Lipinski definition) is 2. The Morgan fingerprint density at radius 2 is 1.90 bits per heavy atom. The van der Waals surface area contributed by atoms with Crippen molar-refractivity contribution in [3.05, 3.63) is 59.7 Å². The number of aliphatic carboxylic acids is 1. The monoisotopic (exact) mass is 274 g/mol. The largest absolute Gasteiger partial charge is 0.481 e. The summed E-state index contributed by atoms with van der Waals surface area (Å²) in [4.78, 5) is 25.9. The number of nitrogens with one attached hydrogen (secondary N) is 1. The van der Waals surface area contributed by atoms with Crippen LogP contribution in [0.1, 0.15) is 15.9 Å². The zero-order chi connectivity index (χ0) is 14.5. The molecule has 2 aromatic rings. The van der Waals surface area contributed by atoms with Crippen LogP contribution in [0, 0.1) is 5.82 Å². The third-order valence-corrected chi connectivity index (χ3v) is 2.58. The molecule has 0 aliphatic heterocycles. The second-order valence-corrected chi connectivity index (χ2v) is 4.08. The Balaban J connectivity index is 2.09. The predicted octanol–water partition coefficient (Wildman–Crippen LogP) is 2.10. The molecule has 20 heavy (non-hydrogen) atoms. The molecule has 0 saturated carbocycles. The Kier molecular flexibility index (Phi) is 4.05. The first-order valence-electron chi connectivity index (χ1n) is 5.78. The van der Waals surface area contributed by atoms with Crippen molar-refractivity contribution in [3.8, 4) is 0 Å². The van der Waals surface area contributed by atoms with Gasteiger partial charge in [-0.2, -0.15) is 0 Å². The van der Waals surface area contributed by atoms with Crippen LogP contribution < -0.4 is 5.32 Å². The summed E-state index contributed by atoms with van der Waals surface area (Å²) >= 11 is 0. The molecule has 0 bridgehead atoms. The Bertz CT molecular complexity index is 641. The number of aromatic nitrogens is 1. The van der Waals surface area contributed by atoms with Gasteiger partial charge in [-0.15, -0.1) is 0 Å². The summed E-state index contributed by atoms with van der Waals surface area (Å²) in [6, 6.07) is 7.59. The minimum Gasteiger partial charge on any atom is -0.481 e. The van der Waals surface area contributed by atoms with E-state index in [2.05, 4.69) is 10.3 Å². The fourth-order valence-corrected chi connectivity index (χ4v) is 1.64. The zero-order valence-electron chi connectivity index (χ0n) is 10.3. The number of halogens is 1. The number of amides is 1. The molecule has 0 fully saturated rings. The first-order chi connectivity index (χ1) is 9.56. The van der Waals surface area contributed by atoms with Gasteiger partial charge in [-0.3, -0.25) is 14.6 Å². The van der Waals surface area contributed by atoms with Crippen LogP contribution in [0.15, 0.2) is 42.7 Å². The van der Waals surface area contributed by atoms with Crippen molar-refractivity contribution in [3.63, 3.8) is 0 Å². The van der Waals surface area contributed by atoms with Gasteiger partial charge in [-0.25, -0.2) is 4.39 Å². The van der Waals surface area contributed by atoms with Crippen LogP contribution >= 0.6 is 0 Å². The summed E-state index contributed by atoms with van der Waals surface area (Å²) in [6.45, 7) is 0. The Labute approximate surface area is 114 Å². The van der Waals surface area contributed by atoms with Crippen molar-refractivity contribution in [2.24, 2.45) is 0 Å². The Hall–Kier alpha value is -2.76. The summed E-state index contributed by atoms with van der Waals surface area (Å²) in [5.74, 6) is -2.22. The standard InChI is InChI=1S/C14H11FN2O3/c15-12-8-16-6-5-11(12)14(20)17-10-3-1-9(2-4-10)7-13(18)19/h1-6,8H,7H2,(H,17,20)(H,18,19).